The lowest BCUT2D eigenvalue weighted by Crippen LogP contribution is -2.45. The Morgan fingerprint density at radius 1 is 0.970 bits per heavy atom. The smallest absolute Gasteiger partial charge is 0.407 e. The molecule has 7 nitrogen and oxygen atoms in total. The summed E-state index contributed by atoms with van der Waals surface area (Å²) >= 11 is 0. The van der Waals surface area contributed by atoms with Crippen LogP contribution in [-0.2, 0) is 14.3 Å². The average molecular weight is 460 g/mol. The highest BCUT2D eigenvalue weighted by molar-refractivity contribution is 5.80. The zero-order chi connectivity index (χ0) is 24.0. The number of fused-ring (bicyclic) bond motifs is 3. The van der Waals surface area contributed by atoms with E-state index in [4.69, 9.17) is 9.84 Å². The fourth-order valence-electron chi connectivity index (χ4n) is 3.98. The maximum atomic E-state index is 12.9. The van der Waals surface area contributed by atoms with Gasteiger partial charge >= 0.3 is 12.1 Å². The lowest BCUT2D eigenvalue weighted by atomic mass is 9.98. The van der Waals surface area contributed by atoms with Crippen molar-refractivity contribution >= 4 is 18.0 Å². The molecule has 0 fully saturated rings. The van der Waals surface area contributed by atoms with Gasteiger partial charge in [0.15, 0.2) is 0 Å². The molecule has 0 aliphatic heterocycles. The Labute approximate surface area is 190 Å². The SMILES string of the molecule is CC[C@@H](CC(=O)NC(CC(=O)O)C(F)F)NC(=O)OCC1c2ccccc2-c2ccccc21. The van der Waals surface area contributed by atoms with Gasteiger partial charge < -0.3 is 20.5 Å². The molecule has 2 aromatic carbocycles. The van der Waals surface area contributed by atoms with Crippen molar-refractivity contribution < 1.29 is 33.0 Å². The predicted octanol–water partition coefficient (Wildman–Crippen LogP) is 3.92. The molecule has 0 saturated carbocycles. The van der Waals surface area contributed by atoms with E-state index >= 15 is 0 Å². The van der Waals surface area contributed by atoms with Crippen LogP contribution in [0.4, 0.5) is 13.6 Å². The predicted molar refractivity (Wildman–Crippen MR) is 117 cm³/mol. The van der Waals surface area contributed by atoms with E-state index in [1.807, 2.05) is 53.8 Å². The molecular weight excluding hydrogens is 434 g/mol. The van der Waals surface area contributed by atoms with Crippen LogP contribution < -0.4 is 10.6 Å². The van der Waals surface area contributed by atoms with Crippen LogP contribution in [0.5, 0.6) is 0 Å². The molecule has 1 aliphatic rings. The lowest BCUT2D eigenvalue weighted by molar-refractivity contribution is -0.139. The van der Waals surface area contributed by atoms with Gasteiger partial charge in [-0.3, -0.25) is 9.59 Å². The van der Waals surface area contributed by atoms with Crippen molar-refractivity contribution in [3.63, 3.8) is 0 Å². The summed E-state index contributed by atoms with van der Waals surface area (Å²) < 4.78 is 31.3. The molecule has 2 amide bonds. The maximum Gasteiger partial charge on any atom is 0.407 e. The number of alkyl halides is 2. The number of carbonyl (C=O) groups is 3. The number of aliphatic carboxylic acids is 1. The molecule has 0 heterocycles. The van der Waals surface area contributed by atoms with E-state index in [2.05, 4.69) is 5.32 Å². The maximum absolute atomic E-state index is 12.9. The van der Waals surface area contributed by atoms with Gasteiger partial charge in [-0.05, 0) is 28.7 Å². The van der Waals surface area contributed by atoms with Crippen LogP contribution in [-0.4, -0.2) is 48.2 Å². The number of hydrogen-bond donors (Lipinski definition) is 3. The highest BCUT2D eigenvalue weighted by atomic mass is 19.3. The van der Waals surface area contributed by atoms with Crippen LogP contribution in [0.15, 0.2) is 48.5 Å². The van der Waals surface area contributed by atoms with Gasteiger partial charge in [-0.1, -0.05) is 55.5 Å². The summed E-state index contributed by atoms with van der Waals surface area (Å²) in [4.78, 5) is 35.2. The first kappa shape index (κ1) is 24.2. The van der Waals surface area contributed by atoms with Gasteiger partial charge in [-0.2, -0.15) is 0 Å². The summed E-state index contributed by atoms with van der Waals surface area (Å²) in [6.45, 7) is 1.83. The summed E-state index contributed by atoms with van der Waals surface area (Å²) in [6, 6.07) is 13.4. The molecule has 1 aliphatic carbocycles. The molecule has 0 spiro atoms. The Balaban J connectivity index is 1.55. The number of carboxylic acids is 1. The molecule has 0 bridgehead atoms. The molecule has 2 atom stereocenters. The van der Waals surface area contributed by atoms with Gasteiger partial charge in [0.1, 0.15) is 12.6 Å². The summed E-state index contributed by atoms with van der Waals surface area (Å²) in [5.41, 5.74) is 4.32. The number of rotatable bonds is 10. The molecule has 176 valence electrons. The normalized spacial score (nSPS) is 14.2. The minimum atomic E-state index is -3.01. The number of nitrogens with one attached hydrogen (secondary N) is 2. The first-order chi connectivity index (χ1) is 15.8. The van der Waals surface area contributed by atoms with Gasteiger partial charge in [0.2, 0.25) is 5.91 Å². The van der Waals surface area contributed by atoms with E-state index < -0.39 is 42.9 Å². The molecule has 0 saturated heterocycles. The molecule has 0 radical (unpaired) electrons. The number of ether oxygens (including phenoxy) is 1. The number of carbonyl (C=O) groups excluding carboxylic acids is 2. The van der Waals surface area contributed by atoms with E-state index in [0.717, 1.165) is 22.3 Å². The lowest BCUT2D eigenvalue weighted by Gasteiger charge is -2.20. The van der Waals surface area contributed by atoms with Gasteiger partial charge in [0, 0.05) is 18.4 Å². The molecule has 9 heteroatoms. The third-order valence-corrected chi connectivity index (χ3v) is 5.64. The third-order valence-electron chi connectivity index (χ3n) is 5.64. The average Bonchev–Trinajstić information content (AvgIpc) is 3.10. The van der Waals surface area contributed by atoms with Gasteiger partial charge in [-0.25, -0.2) is 13.6 Å². The second-order valence-electron chi connectivity index (χ2n) is 7.89. The van der Waals surface area contributed by atoms with Crippen molar-refractivity contribution in [2.45, 2.75) is 50.6 Å². The van der Waals surface area contributed by atoms with Crippen molar-refractivity contribution in [3.05, 3.63) is 59.7 Å². The van der Waals surface area contributed by atoms with Crippen LogP contribution >= 0.6 is 0 Å². The van der Waals surface area contributed by atoms with Crippen molar-refractivity contribution in [1.29, 1.82) is 0 Å². The monoisotopic (exact) mass is 460 g/mol. The molecular formula is C24H26F2N2O5. The Morgan fingerprint density at radius 2 is 1.55 bits per heavy atom. The van der Waals surface area contributed by atoms with Crippen molar-refractivity contribution in [3.8, 4) is 11.1 Å². The van der Waals surface area contributed by atoms with Crippen LogP contribution in [0, 0.1) is 0 Å². The van der Waals surface area contributed by atoms with Crippen LogP contribution in [0.1, 0.15) is 43.2 Å². The van der Waals surface area contributed by atoms with E-state index in [1.54, 1.807) is 6.92 Å². The minimum absolute atomic E-state index is 0.106. The van der Waals surface area contributed by atoms with Crippen LogP contribution in [0.2, 0.25) is 0 Å². The molecule has 1 unspecified atom stereocenters. The van der Waals surface area contributed by atoms with E-state index in [1.165, 1.54) is 0 Å². The zero-order valence-electron chi connectivity index (χ0n) is 18.1. The van der Waals surface area contributed by atoms with Gasteiger partial charge in [0.05, 0.1) is 6.42 Å². The van der Waals surface area contributed by atoms with E-state index in [-0.39, 0.29) is 18.9 Å². The summed E-state index contributed by atoms with van der Waals surface area (Å²) in [6.07, 6.45) is -4.54. The number of carboxylic acid groups (broad SMARTS) is 1. The van der Waals surface area contributed by atoms with Crippen LogP contribution in [0.3, 0.4) is 0 Å². The molecule has 3 N–H and O–H groups in total. The molecule has 0 aromatic heterocycles. The number of benzene rings is 2. The fourth-order valence-corrected chi connectivity index (χ4v) is 3.98. The Morgan fingerprint density at radius 3 is 2.06 bits per heavy atom. The first-order valence-electron chi connectivity index (χ1n) is 10.7. The summed E-state index contributed by atoms with van der Waals surface area (Å²) in [7, 11) is 0. The Kier molecular flexibility index (Phi) is 7.97. The second kappa shape index (κ2) is 10.9. The van der Waals surface area contributed by atoms with Crippen LogP contribution in [0.25, 0.3) is 11.1 Å². The Bertz CT molecular complexity index is 968. The highest BCUT2D eigenvalue weighted by Gasteiger charge is 2.30. The zero-order valence-corrected chi connectivity index (χ0v) is 18.1. The Hall–Kier alpha value is -3.49. The molecule has 3 rings (SSSR count). The quantitative estimate of drug-likeness (QED) is 0.499. The summed E-state index contributed by atoms with van der Waals surface area (Å²) in [5.74, 6) is -2.33. The highest BCUT2D eigenvalue weighted by Crippen LogP contribution is 2.44. The standard InChI is InChI=1S/C24H26F2N2O5/c1-2-14(11-21(29)28-20(23(25)26)12-22(30)31)27-24(32)33-13-19-17-9-5-3-7-15(17)16-8-4-6-10-18(16)19/h3-10,14,19-20,23H,2,11-13H2,1H3,(H,27,32)(H,28,29)(H,30,31)/t14-,20?/m0/s1. The fraction of sp³-hybridized carbons (Fsp3) is 0.375. The number of halogens is 2. The van der Waals surface area contributed by atoms with Gasteiger partial charge in [0.25, 0.3) is 6.43 Å². The van der Waals surface area contributed by atoms with Gasteiger partial charge in [-0.15, -0.1) is 0 Å². The number of amides is 2. The van der Waals surface area contributed by atoms with Crippen molar-refractivity contribution in [2.75, 3.05) is 6.61 Å². The van der Waals surface area contributed by atoms with Crippen molar-refractivity contribution in [2.24, 2.45) is 0 Å². The molecule has 33 heavy (non-hydrogen) atoms. The van der Waals surface area contributed by atoms with E-state index in [0.29, 0.717) is 6.42 Å². The number of hydrogen-bond acceptors (Lipinski definition) is 4. The summed E-state index contributed by atoms with van der Waals surface area (Å²) in [5, 5.41) is 13.3. The second-order valence-corrected chi connectivity index (χ2v) is 7.89. The van der Waals surface area contributed by atoms with Crippen molar-refractivity contribution in [1.82, 2.24) is 10.6 Å². The first-order valence-corrected chi connectivity index (χ1v) is 10.7. The molecule has 2 aromatic rings. The minimum Gasteiger partial charge on any atom is -0.481 e. The van der Waals surface area contributed by atoms with E-state index in [9.17, 15) is 23.2 Å². The number of alkyl carbamates (subject to hydrolysis) is 1. The largest absolute Gasteiger partial charge is 0.481 e. The third kappa shape index (κ3) is 6.06. The topological polar surface area (TPSA) is 105 Å².